The monoisotopic (exact) mass is 365 g/mol. The van der Waals surface area contributed by atoms with Gasteiger partial charge in [-0.05, 0) is 30.3 Å². The van der Waals surface area contributed by atoms with Crippen molar-refractivity contribution in [2.75, 3.05) is 10.5 Å². The molecule has 11 heteroatoms. The molecule has 23 heavy (non-hydrogen) atoms. The number of primary sulfonamides is 1. The maximum Gasteiger partial charge on any atom is 1.00 e. The molecule has 2 aromatic rings. The molecule has 0 saturated heterocycles. The number of nitrogens with two attached hydrogens (primary N) is 2. The largest absolute Gasteiger partial charge is 1.00 e. The molecule has 2 aromatic carbocycles. The summed E-state index contributed by atoms with van der Waals surface area (Å²) in [6.45, 7) is 0. The van der Waals surface area contributed by atoms with Crippen molar-refractivity contribution in [2.45, 2.75) is 9.79 Å². The van der Waals surface area contributed by atoms with E-state index in [1.54, 1.807) is 0 Å². The summed E-state index contributed by atoms with van der Waals surface area (Å²) in [5.74, 6) is -0.423. The Morgan fingerprint density at radius 3 is 2.22 bits per heavy atom. The molecule has 0 spiro atoms. The van der Waals surface area contributed by atoms with E-state index >= 15 is 0 Å². The Morgan fingerprint density at radius 2 is 1.65 bits per heavy atom. The number of nitrogen functional groups attached to an aromatic ring is 1. The Bertz CT molecular complexity index is 929. The molecule has 0 saturated carbocycles. The Balaban J connectivity index is 0.00000264. The summed E-state index contributed by atoms with van der Waals surface area (Å²) in [5, 5.41) is 16.1. The van der Waals surface area contributed by atoms with Gasteiger partial charge in [0.25, 0.3) is 10.0 Å². The van der Waals surface area contributed by atoms with Crippen LogP contribution in [0.5, 0.6) is 5.75 Å². The number of nitrogens with one attached hydrogen (secondary N) is 1. The van der Waals surface area contributed by atoms with Crippen LogP contribution in [0, 0.1) is 0 Å². The van der Waals surface area contributed by atoms with Crippen molar-refractivity contribution in [3.8, 4) is 5.75 Å². The van der Waals surface area contributed by atoms with Crippen LogP contribution in [-0.4, -0.2) is 16.8 Å². The van der Waals surface area contributed by atoms with E-state index in [0.717, 1.165) is 24.3 Å². The van der Waals surface area contributed by atoms with Gasteiger partial charge in [0.05, 0.1) is 16.3 Å². The minimum Gasteiger partial charge on any atom is -0.872 e. The summed E-state index contributed by atoms with van der Waals surface area (Å²) in [6, 6.07) is 8.11. The fraction of sp³-hybridized carbons (Fsp3) is 0. The van der Waals surface area contributed by atoms with Gasteiger partial charge >= 0.3 is 29.6 Å². The predicted molar refractivity (Wildman–Crippen MR) is 78.9 cm³/mol. The van der Waals surface area contributed by atoms with Gasteiger partial charge in [-0.3, -0.25) is 4.72 Å². The number of benzene rings is 2. The fourth-order valence-corrected chi connectivity index (χ4v) is 3.44. The van der Waals surface area contributed by atoms with Crippen LogP contribution in [0.15, 0.2) is 52.3 Å². The molecule has 0 heterocycles. The van der Waals surface area contributed by atoms with E-state index in [1.807, 2.05) is 0 Å². The molecule has 0 unspecified atom stereocenters. The average Bonchev–Trinajstić information content (AvgIpc) is 2.36. The van der Waals surface area contributed by atoms with Crippen molar-refractivity contribution >= 4 is 31.4 Å². The van der Waals surface area contributed by atoms with Crippen LogP contribution in [0.25, 0.3) is 0 Å². The summed E-state index contributed by atoms with van der Waals surface area (Å²) in [6.07, 6.45) is 0. The first-order valence-corrected chi connectivity index (χ1v) is 8.85. The van der Waals surface area contributed by atoms with E-state index in [2.05, 4.69) is 4.72 Å². The standard InChI is InChI=1S/C12H13N3O5S2.Na/c13-11-7-9(16)4-5-12(11)22(19,20)15-8-2-1-3-10(6-8)21(14,17)18;/h1-7,15-16H,13H2,(H2,14,17,18);/q;+1/p-1. The smallest absolute Gasteiger partial charge is 0.872 e. The third-order valence-electron chi connectivity index (χ3n) is 2.69. The van der Waals surface area contributed by atoms with E-state index in [0.29, 0.717) is 0 Å². The Hall–Kier alpha value is -1.30. The molecule has 5 N–H and O–H groups in total. The van der Waals surface area contributed by atoms with Crippen molar-refractivity contribution in [2.24, 2.45) is 5.14 Å². The van der Waals surface area contributed by atoms with Gasteiger partial charge in [-0.25, -0.2) is 22.0 Å². The van der Waals surface area contributed by atoms with Crippen LogP contribution in [0.1, 0.15) is 0 Å². The van der Waals surface area contributed by atoms with E-state index in [4.69, 9.17) is 10.9 Å². The molecule has 0 aliphatic heterocycles. The van der Waals surface area contributed by atoms with Gasteiger partial charge in [0, 0.05) is 0 Å². The average molecular weight is 365 g/mol. The van der Waals surface area contributed by atoms with Crippen molar-refractivity contribution in [1.82, 2.24) is 0 Å². The van der Waals surface area contributed by atoms with Gasteiger partial charge in [0.15, 0.2) is 0 Å². The van der Waals surface area contributed by atoms with E-state index in [1.165, 1.54) is 18.2 Å². The van der Waals surface area contributed by atoms with Gasteiger partial charge in [-0.15, -0.1) is 5.75 Å². The van der Waals surface area contributed by atoms with Crippen molar-refractivity contribution in [1.29, 1.82) is 0 Å². The number of hydrogen-bond donors (Lipinski definition) is 3. The van der Waals surface area contributed by atoms with Crippen LogP contribution >= 0.6 is 0 Å². The van der Waals surface area contributed by atoms with Crippen LogP contribution < -0.4 is 50.3 Å². The summed E-state index contributed by atoms with van der Waals surface area (Å²) in [7, 11) is -8.03. The molecule has 0 radical (unpaired) electrons. The van der Waals surface area contributed by atoms with Crippen LogP contribution in [0.2, 0.25) is 0 Å². The zero-order valence-corrected chi connectivity index (χ0v) is 15.7. The summed E-state index contributed by atoms with van der Waals surface area (Å²) in [4.78, 5) is -0.524. The van der Waals surface area contributed by atoms with Crippen molar-refractivity contribution in [3.05, 3.63) is 42.5 Å². The van der Waals surface area contributed by atoms with Crippen LogP contribution in [-0.2, 0) is 20.0 Å². The molecule has 2 rings (SSSR count). The maximum atomic E-state index is 12.2. The second-order valence-electron chi connectivity index (χ2n) is 4.38. The first kappa shape index (κ1) is 19.7. The second kappa shape index (κ2) is 7.07. The Labute approximate surface area is 155 Å². The van der Waals surface area contributed by atoms with Gasteiger partial charge in [-0.1, -0.05) is 12.1 Å². The SMILES string of the molecule is Nc1cc([O-])ccc1S(=O)(=O)Nc1cccc(S(N)(=O)=O)c1.[Na+]. The van der Waals surface area contributed by atoms with E-state index in [-0.39, 0.29) is 50.7 Å². The van der Waals surface area contributed by atoms with Gasteiger partial charge in [0.2, 0.25) is 10.0 Å². The minimum atomic E-state index is -4.07. The quantitative estimate of drug-likeness (QED) is 0.383. The minimum absolute atomic E-state index is 0. The number of hydrogen-bond acceptors (Lipinski definition) is 6. The maximum absolute atomic E-state index is 12.2. The first-order chi connectivity index (χ1) is 10.1. The van der Waals surface area contributed by atoms with E-state index in [9.17, 15) is 21.9 Å². The molecular weight excluding hydrogens is 353 g/mol. The third-order valence-corrected chi connectivity index (χ3v) is 5.05. The molecule has 0 atom stereocenters. The molecule has 8 nitrogen and oxygen atoms in total. The van der Waals surface area contributed by atoms with E-state index < -0.39 is 25.8 Å². The zero-order valence-electron chi connectivity index (χ0n) is 12.1. The summed E-state index contributed by atoms with van der Waals surface area (Å²) in [5.41, 5.74) is 5.32. The molecule has 0 amide bonds. The number of sulfonamides is 2. The van der Waals surface area contributed by atoms with Crippen molar-refractivity contribution in [3.63, 3.8) is 0 Å². The van der Waals surface area contributed by atoms with Gasteiger partial charge in [-0.2, -0.15) is 0 Å². The molecule has 0 aromatic heterocycles. The Morgan fingerprint density at radius 1 is 1.00 bits per heavy atom. The van der Waals surface area contributed by atoms with Crippen LogP contribution in [0.4, 0.5) is 11.4 Å². The fourth-order valence-electron chi connectivity index (χ4n) is 1.72. The number of rotatable bonds is 4. The predicted octanol–water partition coefficient (Wildman–Crippen LogP) is -3.21. The van der Waals surface area contributed by atoms with Gasteiger partial charge < -0.3 is 10.8 Å². The third kappa shape index (κ3) is 4.83. The molecule has 0 fully saturated rings. The first-order valence-electron chi connectivity index (χ1n) is 5.82. The summed E-state index contributed by atoms with van der Waals surface area (Å²) < 4.78 is 49.1. The summed E-state index contributed by atoms with van der Waals surface area (Å²) >= 11 is 0. The molecule has 0 aliphatic carbocycles. The number of anilines is 2. The topological polar surface area (TPSA) is 155 Å². The van der Waals surface area contributed by atoms with Gasteiger partial charge in [0.1, 0.15) is 4.90 Å². The second-order valence-corrected chi connectivity index (χ2v) is 7.59. The molecular formula is C12H12N3NaO5S2. The van der Waals surface area contributed by atoms with Crippen LogP contribution in [0.3, 0.4) is 0 Å². The van der Waals surface area contributed by atoms with Crippen molar-refractivity contribution < 1.29 is 51.5 Å². The Kier molecular flexibility index (Phi) is 6.07. The normalized spacial score (nSPS) is 11.5. The molecule has 0 bridgehead atoms. The molecule has 118 valence electrons. The molecule has 0 aliphatic rings. The zero-order chi connectivity index (χ0) is 16.5.